The van der Waals surface area contributed by atoms with Gasteiger partial charge in [-0.05, 0) is 24.6 Å². The standard InChI is InChI=1S/C15H15N3O3/c1-3-7-16-15(21)14-12(19)9-13(20)18(17-14)11-6-4-5-10(2)8-11/h3-6,8-9,19H,1,7H2,2H3,(H,16,21). The van der Waals surface area contributed by atoms with Crippen molar-refractivity contribution >= 4 is 5.91 Å². The van der Waals surface area contributed by atoms with E-state index in [0.29, 0.717) is 5.69 Å². The Bertz CT molecular complexity index is 750. The van der Waals surface area contributed by atoms with Crippen molar-refractivity contribution in [2.24, 2.45) is 0 Å². The van der Waals surface area contributed by atoms with E-state index in [1.54, 1.807) is 18.2 Å². The Labute approximate surface area is 121 Å². The van der Waals surface area contributed by atoms with Crippen LogP contribution in [0.4, 0.5) is 0 Å². The zero-order valence-electron chi connectivity index (χ0n) is 11.5. The molecule has 2 rings (SSSR count). The fourth-order valence-corrected chi connectivity index (χ4v) is 1.80. The van der Waals surface area contributed by atoms with Crippen LogP contribution in [0.15, 0.2) is 47.8 Å². The second-order valence-corrected chi connectivity index (χ2v) is 4.47. The van der Waals surface area contributed by atoms with E-state index >= 15 is 0 Å². The van der Waals surface area contributed by atoms with Crippen molar-refractivity contribution < 1.29 is 9.90 Å². The number of carbonyl (C=O) groups excluding carboxylic acids is 1. The Morgan fingerprint density at radius 3 is 2.90 bits per heavy atom. The van der Waals surface area contributed by atoms with Crippen LogP contribution in [0, 0.1) is 6.92 Å². The van der Waals surface area contributed by atoms with Crippen LogP contribution in [-0.4, -0.2) is 27.3 Å². The first-order valence-corrected chi connectivity index (χ1v) is 6.32. The largest absolute Gasteiger partial charge is 0.505 e. The molecule has 2 aromatic rings. The lowest BCUT2D eigenvalue weighted by molar-refractivity contribution is 0.0948. The van der Waals surface area contributed by atoms with Gasteiger partial charge in [-0.3, -0.25) is 9.59 Å². The number of aromatic nitrogens is 2. The van der Waals surface area contributed by atoms with Crippen LogP contribution in [0.2, 0.25) is 0 Å². The van der Waals surface area contributed by atoms with Crippen molar-refractivity contribution in [1.29, 1.82) is 0 Å². The number of aromatic hydroxyl groups is 1. The van der Waals surface area contributed by atoms with E-state index in [0.717, 1.165) is 16.3 Å². The summed E-state index contributed by atoms with van der Waals surface area (Å²) in [6.45, 7) is 5.61. The number of hydrogen-bond acceptors (Lipinski definition) is 4. The molecule has 0 fully saturated rings. The zero-order valence-corrected chi connectivity index (χ0v) is 11.5. The lowest BCUT2D eigenvalue weighted by Gasteiger charge is -2.09. The highest BCUT2D eigenvalue weighted by molar-refractivity contribution is 5.94. The fraction of sp³-hybridized carbons (Fsp3) is 0.133. The van der Waals surface area contributed by atoms with Crippen molar-refractivity contribution in [3.8, 4) is 11.4 Å². The quantitative estimate of drug-likeness (QED) is 0.826. The molecular formula is C15H15N3O3. The Hall–Kier alpha value is -2.89. The minimum absolute atomic E-state index is 0.210. The van der Waals surface area contributed by atoms with Gasteiger partial charge < -0.3 is 10.4 Å². The average molecular weight is 285 g/mol. The maximum atomic E-state index is 11.9. The first kappa shape index (κ1) is 14.5. The molecule has 0 atom stereocenters. The van der Waals surface area contributed by atoms with E-state index < -0.39 is 17.2 Å². The number of amides is 1. The van der Waals surface area contributed by atoms with Crippen molar-refractivity contribution in [3.63, 3.8) is 0 Å². The van der Waals surface area contributed by atoms with Gasteiger partial charge in [-0.2, -0.15) is 9.78 Å². The molecule has 0 saturated heterocycles. The first-order valence-electron chi connectivity index (χ1n) is 6.32. The molecule has 0 aliphatic carbocycles. The van der Waals surface area contributed by atoms with E-state index in [-0.39, 0.29) is 12.2 Å². The second-order valence-electron chi connectivity index (χ2n) is 4.47. The summed E-state index contributed by atoms with van der Waals surface area (Å²) in [5, 5.41) is 16.2. The van der Waals surface area contributed by atoms with Gasteiger partial charge in [0, 0.05) is 12.6 Å². The highest BCUT2D eigenvalue weighted by Gasteiger charge is 2.16. The molecule has 21 heavy (non-hydrogen) atoms. The summed E-state index contributed by atoms with van der Waals surface area (Å²) in [7, 11) is 0. The van der Waals surface area contributed by atoms with E-state index in [2.05, 4.69) is 17.0 Å². The van der Waals surface area contributed by atoms with Crippen LogP contribution in [0.1, 0.15) is 16.1 Å². The lowest BCUT2D eigenvalue weighted by Crippen LogP contribution is -2.29. The smallest absolute Gasteiger partial charge is 0.275 e. The van der Waals surface area contributed by atoms with Crippen LogP contribution >= 0.6 is 0 Å². The molecule has 1 amide bonds. The molecule has 0 spiro atoms. The third kappa shape index (κ3) is 3.17. The SMILES string of the molecule is C=CCNC(=O)c1nn(-c2cccc(C)c2)c(=O)cc1O. The van der Waals surface area contributed by atoms with Gasteiger partial charge >= 0.3 is 0 Å². The molecule has 1 aromatic carbocycles. The van der Waals surface area contributed by atoms with Crippen LogP contribution < -0.4 is 10.9 Å². The Kier molecular flexibility index (Phi) is 4.18. The minimum atomic E-state index is -0.575. The topological polar surface area (TPSA) is 84.2 Å². The molecule has 6 nitrogen and oxygen atoms in total. The number of nitrogens with zero attached hydrogens (tertiary/aromatic N) is 2. The number of aryl methyl sites for hydroxylation is 1. The lowest BCUT2D eigenvalue weighted by atomic mass is 10.2. The first-order chi connectivity index (χ1) is 10.0. The van der Waals surface area contributed by atoms with E-state index in [4.69, 9.17) is 0 Å². The van der Waals surface area contributed by atoms with Crippen LogP contribution in [0.3, 0.4) is 0 Å². The van der Waals surface area contributed by atoms with Gasteiger partial charge in [-0.1, -0.05) is 18.2 Å². The van der Waals surface area contributed by atoms with Gasteiger partial charge in [0.25, 0.3) is 11.5 Å². The molecule has 0 bridgehead atoms. The summed E-state index contributed by atoms with van der Waals surface area (Å²) in [6.07, 6.45) is 1.51. The van der Waals surface area contributed by atoms with Gasteiger partial charge in [0.05, 0.1) is 5.69 Å². The molecule has 0 saturated carbocycles. The van der Waals surface area contributed by atoms with Crippen molar-refractivity contribution in [2.45, 2.75) is 6.92 Å². The molecule has 1 heterocycles. The summed E-state index contributed by atoms with van der Waals surface area (Å²) in [4.78, 5) is 23.8. The van der Waals surface area contributed by atoms with Gasteiger partial charge in [-0.25, -0.2) is 0 Å². The molecule has 0 aliphatic heterocycles. The number of nitrogens with one attached hydrogen (secondary N) is 1. The second kappa shape index (κ2) is 6.04. The third-order valence-electron chi connectivity index (χ3n) is 2.78. The maximum absolute atomic E-state index is 11.9. The van der Waals surface area contributed by atoms with Gasteiger partial charge in [0.15, 0.2) is 11.4 Å². The van der Waals surface area contributed by atoms with Crippen LogP contribution in [-0.2, 0) is 0 Å². The molecular weight excluding hydrogens is 270 g/mol. The highest BCUT2D eigenvalue weighted by atomic mass is 16.3. The summed E-state index contributed by atoms with van der Waals surface area (Å²) in [5.41, 5.74) is 0.751. The van der Waals surface area contributed by atoms with Crippen molar-refractivity contribution in [2.75, 3.05) is 6.54 Å². The number of rotatable bonds is 4. The molecule has 0 aliphatic rings. The highest BCUT2D eigenvalue weighted by Crippen LogP contribution is 2.13. The van der Waals surface area contributed by atoms with Gasteiger partial charge in [0.1, 0.15) is 0 Å². The fourth-order valence-electron chi connectivity index (χ4n) is 1.80. The van der Waals surface area contributed by atoms with Crippen molar-refractivity contribution in [3.05, 3.63) is 64.6 Å². The number of carbonyl (C=O) groups is 1. The molecule has 2 N–H and O–H groups in total. The third-order valence-corrected chi connectivity index (χ3v) is 2.78. The summed E-state index contributed by atoms with van der Waals surface area (Å²) in [5.74, 6) is -1.03. The Morgan fingerprint density at radius 1 is 1.48 bits per heavy atom. The predicted octanol–water partition coefficient (Wildman–Crippen LogP) is 1.16. The number of hydrogen-bond donors (Lipinski definition) is 2. The van der Waals surface area contributed by atoms with Crippen LogP contribution in [0.25, 0.3) is 5.69 Å². The summed E-state index contributed by atoms with van der Waals surface area (Å²) >= 11 is 0. The Balaban J connectivity index is 2.51. The maximum Gasteiger partial charge on any atom is 0.275 e. The summed E-state index contributed by atoms with van der Waals surface area (Å²) < 4.78 is 1.08. The molecule has 1 aromatic heterocycles. The molecule has 0 radical (unpaired) electrons. The van der Waals surface area contributed by atoms with Crippen molar-refractivity contribution in [1.82, 2.24) is 15.1 Å². The minimum Gasteiger partial charge on any atom is -0.505 e. The predicted molar refractivity (Wildman–Crippen MR) is 78.8 cm³/mol. The van der Waals surface area contributed by atoms with E-state index in [9.17, 15) is 14.7 Å². The van der Waals surface area contributed by atoms with Gasteiger partial charge in [-0.15, -0.1) is 6.58 Å². The summed E-state index contributed by atoms with van der Waals surface area (Å²) in [6, 6.07) is 8.09. The van der Waals surface area contributed by atoms with E-state index in [1.165, 1.54) is 6.08 Å². The number of benzene rings is 1. The van der Waals surface area contributed by atoms with Gasteiger partial charge in [0.2, 0.25) is 0 Å². The molecule has 0 unspecified atom stereocenters. The zero-order chi connectivity index (χ0) is 15.4. The van der Waals surface area contributed by atoms with E-state index in [1.807, 2.05) is 13.0 Å². The molecule has 108 valence electrons. The molecule has 6 heteroatoms. The monoisotopic (exact) mass is 285 g/mol. The Morgan fingerprint density at radius 2 is 2.24 bits per heavy atom. The average Bonchev–Trinajstić information content (AvgIpc) is 2.44. The normalized spacial score (nSPS) is 10.1. The van der Waals surface area contributed by atoms with Crippen LogP contribution in [0.5, 0.6) is 5.75 Å².